The van der Waals surface area contributed by atoms with Crippen LogP contribution in [0.1, 0.15) is 41.0 Å². The molecule has 1 atom stereocenters. The molecular weight excluding hydrogens is 506 g/mol. The van der Waals surface area contributed by atoms with Crippen LogP contribution < -0.4 is 10.0 Å². The van der Waals surface area contributed by atoms with Crippen molar-refractivity contribution in [2.45, 2.75) is 37.0 Å². The van der Waals surface area contributed by atoms with Gasteiger partial charge in [-0.3, -0.25) is 4.72 Å². The van der Waals surface area contributed by atoms with E-state index in [1.54, 1.807) is 24.3 Å². The number of nitrogens with zero attached hydrogens (tertiary/aromatic N) is 3. The molecule has 39 heavy (non-hydrogen) atoms. The lowest BCUT2D eigenvalue weighted by Crippen LogP contribution is -2.17. The minimum Gasteiger partial charge on any atom is -0.354 e. The van der Waals surface area contributed by atoms with Gasteiger partial charge in [0.1, 0.15) is 0 Å². The molecule has 202 valence electrons. The topological polar surface area (TPSA) is 87.2 Å². The van der Waals surface area contributed by atoms with Crippen LogP contribution >= 0.6 is 0 Å². The van der Waals surface area contributed by atoms with Crippen LogP contribution in [0.15, 0.2) is 83.9 Å². The number of aromatic nitrogens is 2. The predicted molar refractivity (Wildman–Crippen MR) is 158 cm³/mol. The Morgan fingerprint density at radius 1 is 0.949 bits per heavy atom. The van der Waals surface area contributed by atoms with Crippen LogP contribution in [0.2, 0.25) is 0 Å². The number of nitrogens with one attached hydrogen (secondary N) is 2. The number of aryl methyl sites for hydroxylation is 1. The summed E-state index contributed by atoms with van der Waals surface area (Å²) < 4.78 is 28.3. The van der Waals surface area contributed by atoms with Crippen molar-refractivity contribution >= 4 is 21.7 Å². The lowest BCUT2D eigenvalue weighted by molar-refractivity contribution is 0.396. The molecule has 0 radical (unpaired) electrons. The van der Waals surface area contributed by atoms with E-state index in [0.29, 0.717) is 11.6 Å². The van der Waals surface area contributed by atoms with E-state index in [4.69, 9.17) is 4.98 Å². The van der Waals surface area contributed by atoms with Crippen LogP contribution in [0.3, 0.4) is 0 Å². The molecule has 7 nitrogen and oxygen atoms in total. The highest BCUT2D eigenvalue weighted by molar-refractivity contribution is 7.92. The van der Waals surface area contributed by atoms with Gasteiger partial charge in [-0.2, -0.15) is 0 Å². The summed E-state index contributed by atoms with van der Waals surface area (Å²) in [4.78, 5) is 11.9. The van der Waals surface area contributed by atoms with Gasteiger partial charge in [-0.15, -0.1) is 0 Å². The van der Waals surface area contributed by atoms with Crippen LogP contribution in [-0.4, -0.2) is 50.5 Å². The molecule has 0 spiro atoms. The fourth-order valence-electron chi connectivity index (χ4n) is 4.99. The largest absolute Gasteiger partial charge is 0.354 e. The Morgan fingerprint density at radius 3 is 2.44 bits per heavy atom. The molecule has 3 aromatic carbocycles. The molecule has 0 aliphatic heterocycles. The summed E-state index contributed by atoms with van der Waals surface area (Å²) in [5, 5.41) is 3.38. The highest BCUT2D eigenvalue weighted by Crippen LogP contribution is 2.42. The van der Waals surface area contributed by atoms with E-state index in [1.165, 1.54) is 5.56 Å². The highest BCUT2D eigenvalue weighted by Gasteiger charge is 2.27. The molecule has 1 heterocycles. The number of rotatable bonds is 10. The van der Waals surface area contributed by atoms with E-state index < -0.39 is 10.0 Å². The average molecular weight is 542 g/mol. The Balaban J connectivity index is 1.32. The zero-order chi connectivity index (χ0) is 27.4. The molecule has 0 amide bonds. The monoisotopic (exact) mass is 541 g/mol. The van der Waals surface area contributed by atoms with Crippen molar-refractivity contribution in [1.29, 1.82) is 0 Å². The molecule has 1 unspecified atom stereocenters. The SMILES string of the molecule is Cc1ccc(S(=O)(=O)Nc2ccc(C3Cc4cnc(NCCCCN(C)C)nc4-c4ccccc43)cc2)cc1. The third kappa shape index (κ3) is 6.29. The molecule has 0 saturated carbocycles. The first kappa shape index (κ1) is 26.8. The molecule has 0 saturated heterocycles. The second-order valence-electron chi connectivity index (χ2n) is 10.4. The smallest absolute Gasteiger partial charge is 0.261 e. The van der Waals surface area contributed by atoms with E-state index in [-0.39, 0.29) is 10.8 Å². The van der Waals surface area contributed by atoms with Gasteiger partial charge in [-0.25, -0.2) is 18.4 Å². The maximum absolute atomic E-state index is 12.8. The second-order valence-corrected chi connectivity index (χ2v) is 12.1. The Hall–Kier alpha value is -3.75. The van der Waals surface area contributed by atoms with E-state index in [1.807, 2.05) is 43.5 Å². The second kappa shape index (κ2) is 11.6. The van der Waals surface area contributed by atoms with Crippen molar-refractivity contribution in [3.05, 3.63) is 101 Å². The molecule has 0 bridgehead atoms. The molecule has 1 aliphatic rings. The van der Waals surface area contributed by atoms with Crippen molar-refractivity contribution in [3.63, 3.8) is 0 Å². The normalized spacial score (nSPS) is 14.5. The highest BCUT2D eigenvalue weighted by atomic mass is 32.2. The van der Waals surface area contributed by atoms with Crippen molar-refractivity contribution in [3.8, 4) is 11.3 Å². The number of benzene rings is 3. The Labute approximate surface area is 231 Å². The maximum atomic E-state index is 12.8. The molecule has 8 heteroatoms. The van der Waals surface area contributed by atoms with Gasteiger partial charge in [0, 0.05) is 29.9 Å². The summed E-state index contributed by atoms with van der Waals surface area (Å²) in [7, 11) is 0.531. The van der Waals surface area contributed by atoms with E-state index >= 15 is 0 Å². The van der Waals surface area contributed by atoms with Crippen molar-refractivity contribution < 1.29 is 8.42 Å². The van der Waals surface area contributed by atoms with Gasteiger partial charge in [-0.1, -0.05) is 54.1 Å². The van der Waals surface area contributed by atoms with Gasteiger partial charge < -0.3 is 10.2 Å². The third-order valence-electron chi connectivity index (χ3n) is 7.09. The van der Waals surface area contributed by atoms with Crippen LogP contribution in [0.5, 0.6) is 0 Å². The van der Waals surface area contributed by atoms with Gasteiger partial charge in [0.15, 0.2) is 0 Å². The van der Waals surface area contributed by atoms with Crippen molar-refractivity contribution in [2.75, 3.05) is 37.2 Å². The lowest BCUT2D eigenvalue weighted by atomic mass is 9.78. The Morgan fingerprint density at radius 2 is 1.69 bits per heavy atom. The first-order valence-electron chi connectivity index (χ1n) is 13.3. The third-order valence-corrected chi connectivity index (χ3v) is 8.49. The zero-order valence-electron chi connectivity index (χ0n) is 22.7. The van der Waals surface area contributed by atoms with Crippen LogP contribution in [0.4, 0.5) is 11.6 Å². The van der Waals surface area contributed by atoms with Crippen molar-refractivity contribution in [2.24, 2.45) is 0 Å². The summed E-state index contributed by atoms with van der Waals surface area (Å²) in [5.74, 6) is 0.793. The fraction of sp³-hybridized carbons (Fsp3) is 0.290. The number of anilines is 2. The molecular formula is C31H35N5O2S. The number of sulfonamides is 1. The minimum atomic E-state index is -3.65. The van der Waals surface area contributed by atoms with Crippen LogP contribution in [0, 0.1) is 6.92 Å². The van der Waals surface area contributed by atoms with Gasteiger partial charge in [0.2, 0.25) is 5.95 Å². The fourth-order valence-corrected chi connectivity index (χ4v) is 6.05. The zero-order valence-corrected chi connectivity index (χ0v) is 23.5. The standard InChI is InChI=1S/C31H35N5O2S/c1-22-10-16-26(17-11-22)39(37,38)35-25-14-12-23(13-15-25)29-20-24-21-33-31(32-18-6-7-19-36(2)3)34-30(24)28-9-5-4-8-27(28)29/h4-5,8-17,21,29,35H,6-7,18-20H2,1-3H3,(H,32,33,34). The summed E-state index contributed by atoms with van der Waals surface area (Å²) >= 11 is 0. The first-order chi connectivity index (χ1) is 18.8. The lowest BCUT2D eigenvalue weighted by Gasteiger charge is -2.27. The van der Waals surface area contributed by atoms with Crippen LogP contribution in [0.25, 0.3) is 11.3 Å². The van der Waals surface area contributed by atoms with Gasteiger partial charge in [-0.05, 0) is 87.8 Å². The quantitative estimate of drug-likeness (QED) is 0.251. The number of fused-ring (bicyclic) bond motifs is 3. The maximum Gasteiger partial charge on any atom is 0.261 e. The first-order valence-corrected chi connectivity index (χ1v) is 14.8. The summed E-state index contributed by atoms with van der Waals surface area (Å²) in [6.07, 6.45) is 4.91. The molecule has 5 rings (SSSR count). The molecule has 0 fully saturated rings. The number of hydrogen-bond donors (Lipinski definition) is 2. The molecule has 2 N–H and O–H groups in total. The van der Waals surface area contributed by atoms with E-state index in [9.17, 15) is 8.42 Å². The average Bonchev–Trinajstić information content (AvgIpc) is 2.93. The summed E-state index contributed by atoms with van der Waals surface area (Å²) in [5.41, 5.74) is 7.10. The molecule has 1 aliphatic carbocycles. The minimum absolute atomic E-state index is 0.130. The molecule has 1 aromatic heterocycles. The van der Waals surface area contributed by atoms with Gasteiger partial charge in [0.25, 0.3) is 10.0 Å². The summed E-state index contributed by atoms with van der Waals surface area (Å²) in [6.45, 7) is 3.85. The van der Waals surface area contributed by atoms with Crippen molar-refractivity contribution in [1.82, 2.24) is 14.9 Å². The number of hydrogen-bond acceptors (Lipinski definition) is 6. The summed E-state index contributed by atoms with van der Waals surface area (Å²) in [6, 6.07) is 22.9. The Bertz CT molecular complexity index is 1530. The predicted octanol–water partition coefficient (Wildman–Crippen LogP) is 5.69. The van der Waals surface area contributed by atoms with Gasteiger partial charge >= 0.3 is 0 Å². The van der Waals surface area contributed by atoms with E-state index in [0.717, 1.165) is 60.3 Å². The van der Waals surface area contributed by atoms with E-state index in [2.05, 4.69) is 52.2 Å². The number of unbranched alkanes of at least 4 members (excludes halogenated alkanes) is 1. The van der Waals surface area contributed by atoms with Gasteiger partial charge in [0.05, 0.1) is 10.6 Å². The Kier molecular flexibility index (Phi) is 7.95. The molecule has 4 aromatic rings. The van der Waals surface area contributed by atoms with Crippen LogP contribution in [-0.2, 0) is 16.4 Å².